The lowest BCUT2D eigenvalue weighted by atomic mass is 9.80. The summed E-state index contributed by atoms with van der Waals surface area (Å²) in [7, 11) is 0. The van der Waals surface area contributed by atoms with Gasteiger partial charge in [-0.25, -0.2) is 0 Å². The molecule has 1 aromatic carbocycles. The van der Waals surface area contributed by atoms with Crippen molar-refractivity contribution in [1.29, 1.82) is 0 Å². The lowest BCUT2D eigenvalue weighted by Gasteiger charge is -2.25. The SMILES string of the molecule is CC(C(=O)OCc1ccccc1)C1CCCCC1=O. The fourth-order valence-corrected chi connectivity index (χ4v) is 2.56. The van der Waals surface area contributed by atoms with Crippen LogP contribution in [0.1, 0.15) is 38.2 Å². The molecule has 0 aliphatic heterocycles. The molecule has 0 spiro atoms. The summed E-state index contributed by atoms with van der Waals surface area (Å²) in [5.74, 6) is -0.506. The Bertz CT molecular complexity index is 439. The van der Waals surface area contributed by atoms with Crippen LogP contribution in [0.3, 0.4) is 0 Å². The summed E-state index contributed by atoms with van der Waals surface area (Å²) < 4.78 is 5.30. The summed E-state index contributed by atoms with van der Waals surface area (Å²) in [6.45, 7) is 2.09. The van der Waals surface area contributed by atoms with Gasteiger partial charge < -0.3 is 4.74 Å². The van der Waals surface area contributed by atoms with E-state index in [4.69, 9.17) is 4.74 Å². The van der Waals surface area contributed by atoms with E-state index in [1.54, 1.807) is 6.92 Å². The van der Waals surface area contributed by atoms with E-state index in [-0.39, 0.29) is 30.2 Å². The van der Waals surface area contributed by atoms with Crippen LogP contribution in [0.2, 0.25) is 0 Å². The number of hydrogen-bond donors (Lipinski definition) is 0. The highest BCUT2D eigenvalue weighted by Crippen LogP contribution is 2.28. The van der Waals surface area contributed by atoms with Crippen molar-refractivity contribution in [2.24, 2.45) is 11.8 Å². The third-order valence-electron chi connectivity index (χ3n) is 3.80. The van der Waals surface area contributed by atoms with Crippen LogP contribution in [0, 0.1) is 11.8 Å². The minimum absolute atomic E-state index is 0.142. The molecule has 1 saturated carbocycles. The van der Waals surface area contributed by atoms with Crippen molar-refractivity contribution >= 4 is 11.8 Å². The van der Waals surface area contributed by atoms with E-state index in [1.807, 2.05) is 30.3 Å². The van der Waals surface area contributed by atoms with Crippen LogP contribution in [-0.4, -0.2) is 11.8 Å². The lowest BCUT2D eigenvalue weighted by Crippen LogP contribution is -2.31. The maximum absolute atomic E-state index is 12.0. The van der Waals surface area contributed by atoms with Crippen LogP contribution in [0.25, 0.3) is 0 Å². The van der Waals surface area contributed by atoms with Crippen LogP contribution in [0.4, 0.5) is 0 Å². The Kier molecular flexibility index (Phi) is 4.72. The first-order chi connectivity index (χ1) is 9.18. The highest BCUT2D eigenvalue weighted by molar-refractivity contribution is 5.87. The average molecular weight is 260 g/mol. The number of benzene rings is 1. The first-order valence-electron chi connectivity index (χ1n) is 6.92. The summed E-state index contributed by atoms with van der Waals surface area (Å²) in [4.78, 5) is 23.8. The zero-order valence-corrected chi connectivity index (χ0v) is 11.3. The minimum Gasteiger partial charge on any atom is -0.461 e. The van der Waals surface area contributed by atoms with Gasteiger partial charge in [-0.05, 0) is 18.4 Å². The topological polar surface area (TPSA) is 43.4 Å². The molecule has 0 bridgehead atoms. The van der Waals surface area contributed by atoms with Gasteiger partial charge in [0, 0.05) is 12.3 Å². The van der Waals surface area contributed by atoms with Crippen molar-refractivity contribution in [3.8, 4) is 0 Å². The molecular weight excluding hydrogens is 240 g/mol. The van der Waals surface area contributed by atoms with Gasteiger partial charge in [0.2, 0.25) is 0 Å². The van der Waals surface area contributed by atoms with Gasteiger partial charge >= 0.3 is 5.97 Å². The van der Waals surface area contributed by atoms with Crippen molar-refractivity contribution in [1.82, 2.24) is 0 Å². The second kappa shape index (κ2) is 6.50. The van der Waals surface area contributed by atoms with E-state index >= 15 is 0 Å². The van der Waals surface area contributed by atoms with Crippen molar-refractivity contribution in [3.63, 3.8) is 0 Å². The van der Waals surface area contributed by atoms with Crippen LogP contribution >= 0.6 is 0 Å². The van der Waals surface area contributed by atoms with Gasteiger partial charge in [-0.1, -0.05) is 43.7 Å². The Morgan fingerprint density at radius 2 is 2.05 bits per heavy atom. The molecule has 1 aliphatic carbocycles. The van der Waals surface area contributed by atoms with Crippen molar-refractivity contribution in [3.05, 3.63) is 35.9 Å². The number of hydrogen-bond acceptors (Lipinski definition) is 3. The number of rotatable bonds is 4. The number of ether oxygens (including phenoxy) is 1. The lowest BCUT2D eigenvalue weighted by molar-refractivity contribution is -0.154. The molecule has 0 radical (unpaired) electrons. The third kappa shape index (κ3) is 3.66. The van der Waals surface area contributed by atoms with Gasteiger partial charge in [-0.2, -0.15) is 0 Å². The monoisotopic (exact) mass is 260 g/mol. The molecule has 0 saturated heterocycles. The molecule has 2 rings (SSSR count). The molecule has 0 aromatic heterocycles. The predicted molar refractivity (Wildman–Crippen MR) is 72.4 cm³/mol. The molecule has 0 amide bonds. The first-order valence-corrected chi connectivity index (χ1v) is 6.92. The van der Waals surface area contributed by atoms with E-state index in [0.29, 0.717) is 6.42 Å². The van der Waals surface area contributed by atoms with E-state index in [2.05, 4.69) is 0 Å². The zero-order valence-electron chi connectivity index (χ0n) is 11.3. The zero-order chi connectivity index (χ0) is 13.7. The van der Waals surface area contributed by atoms with Gasteiger partial charge in [0.25, 0.3) is 0 Å². The van der Waals surface area contributed by atoms with Crippen molar-refractivity contribution in [2.75, 3.05) is 0 Å². The molecule has 3 nitrogen and oxygen atoms in total. The smallest absolute Gasteiger partial charge is 0.309 e. The summed E-state index contributed by atoms with van der Waals surface area (Å²) >= 11 is 0. The number of carbonyl (C=O) groups is 2. The molecule has 1 aromatic rings. The first kappa shape index (κ1) is 13.8. The minimum atomic E-state index is -0.323. The van der Waals surface area contributed by atoms with Gasteiger partial charge in [0.15, 0.2) is 0 Å². The van der Waals surface area contributed by atoms with E-state index in [0.717, 1.165) is 24.8 Å². The highest BCUT2D eigenvalue weighted by atomic mass is 16.5. The molecule has 19 heavy (non-hydrogen) atoms. The Morgan fingerprint density at radius 1 is 1.32 bits per heavy atom. The van der Waals surface area contributed by atoms with E-state index in [1.165, 1.54) is 0 Å². The number of esters is 1. The number of Topliss-reactive ketones (excluding diaryl/α,β-unsaturated/α-hetero) is 1. The second-order valence-electron chi connectivity index (χ2n) is 5.20. The summed E-state index contributed by atoms with van der Waals surface area (Å²) in [5, 5.41) is 0. The van der Waals surface area contributed by atoms with Crippen LogP contribution in [0.5, 0.6) is 0 Å². The Morgan fingerprint density at radius 3 is 2.74 bits per heavy atom. The molecule has 1 fully saturated rings. The van der Waals surface area contributed by atoms with Gasteiger partial charge in [-0.15, -0.1) is 0 Å². The fraction of sp³-hybridized carbons (Fsp3) is 0.500. The molecule has 2 atom stereocenters. The Labute approximate surface area is 114 Å². The van der Waals surface area contributed by atoms with Crippen LogP contribution in [0.15, 0.2) is 30.3 Å². The summed E-state index contributed by atoms with van der Waals surface area (Å²) in [5.41, 5.74) is 0.970. The third-order valence-corrected chi connectivity index (χ3v) is 3.80. The van der Waals surface area contributed by atoms with Crippen LogP contribution < -0.4 is 0 Å². The number of carbonyl (C=O) groups excluding carboxylic acids is 2. The quantitative estimate of drug-likeness (QED) is 0.781. The van der Waals surface area contributed by atoms with Crippen LogP contribution in [-0.2, 0) is 20.9 Å². The largest absolute Gasteiger partial charge is 0.461 e. The maximum atomic E-state index is 12.0. The van der Waals surface area contributed by atoms with Gasteiger partial charge in [-0.3, -0.25) is 9.59 Å². The average Bonchev–Trinajstić information content (AvgIpc) is 2.45. The highest BCUT2D eigenvalue weighted by Gasteiger charge is 2.32. The second-order valence-corrected chi connectivity index (χ2v) is 5.20. The molecule has 102 valence electrons. The molecule has 0 N–H and O–H groups in total. The van der Waals surface area contributed by atoms with Crippen molar-refractivity contribution < 1.29 is 14.3 Å². The molecule has 0 heterocycles. The predicted octanol–water partition coefficient (Wildman–Crippen LogP) is 3.13. The van der Waals surface area contributed by atoms with E-state index in [9.17, 15) is 9.59 Å². The summed E-state index contributed by atoms with van der Waals surface area (Å²) in [6, 6.07) is 9.59. The standard InChI is InChI=1S/C16H20O3/c1-12(14-9-5-6-10-15(14)17)16(18)19-11-13-7-3-2-4-8-13/h2-4,7-8,12,14H,5-6,9-11H2,1H3. The normalized spacial score (nSPS) is 20.9. The number of ketones is 1. The molecule has 3 heteroatoms. The van der Waals surface area contributed by atoms with E-state index < -0.39 is 0 Å². The maximum Gasteiger partial charge on any atom is 0.309 e. The molecule has 1 aliphatic rings. The fourth-order valence-electron chi connectivity index (χ4n) is 2.56. The van der Waals surface area contributed by atoms with Gasteiger partial charge in [0.1, 0.15) is 12.4 Å². The Balaban J connectivity index is 1.87. The van der Waals surface area contributed by atoms with Crippen molar-refractivity contribution in [2.45, 2.75) is 39.2 Å². The Hall–Kier alpha value is -1.64. The van der Waals surface area contributed by atoms with Gasteiger partial charge in [0.05, 0.1) is 5.92 Å². The molecule has 2 unspecified atom stereocenters. The molecular formula is C16H20O3. The summed E-state index contributed by atoms with van der Waals surface area (Å²) in [6.07, 6.45) is 3.43.